The molecule has 0 heterocycles. The number of phosphoric ester groups is 2. The third kappa shape index (κ3) is 53.5. The Hall–Kier alpha value is -1.94. The second kappa shape index (κ2) is 53.3. The first-order valence-electron chi connectivity index (χ1n) is 32.8. The van der Waals surface area contributed by atoms with Crippen molar-refractivity contribution in [3.8, 4) is 0 Å². The van der Waals surface area contributed by atoms with E-state index < -0.39 is 97.5 Å². The lowest BCUT2D eigenvalue weighted by Crippen LogP contribution is -2.30. The van der Waals surface area contributed by atoms with E-state index in [1.165, 1.54) is 89.9 Å². The number of unbranched alkanes of at least 4 members (excludes halogenated alkanes) is 23. The summed E-state index contributed by atoms with van der Waals surface area (Å²) in [7, 11) is -9.89. The number of carbonyl (C=O) groups is 4. The van der Waals surface area contributed by atoms with E-state index in [1.54, 1.807) is 0 Å². The maximum atomic E-state index is 13.0. The Morgan fingerprint density at radius 3 is 0.866 bits per heavy atom. The minimum atomic E-state index is -4.94. The van der Waals surface area contributed by atoms with Crippen LogP contribution in [0.5, 0.6) is 0 Å². The summed E-state index contributed by atoms with van der Waals surface area (Å²) in [5.74, 6) is 0.781. The zero-order valence-corrected chi connectivity index (χ0v) is 54.9. The van der Waals surface area contributed by atoms with Crippen molar-refractivity contribution in [2.24, 2.45) is 23.7 Å². The van der Waals surface area contributed by atoms with Crippen molar-refractivity contribution in [3.63, 3.8) is 0 Å². The van der Waals surface area contributed by atoms with E-state index in [0.717, 1.165) is 120 Å². The van der Waals surface area contributed by atoms with Gasteiger partial charge in [0.2, 0.25) is 0 Å². The predicted molar refractivity (Wildman–Crippen MR) is 326 cm³/mol. The molecule has 0 aliphatic carbocycles. The molecule has 486 valence electrons. The first kappa shape index (κ1) is 80.1. The summed E-state index contributed by atoms with van der Waals surface area (Å²) >= 11 is 0. The summed E-state index contributed by atoms with van der Waals surface area (Å²) in [6.07, 6.45) is 32.2. The van der Waals surface area contributed by atoms with Gasteiger partial charge in [0, 0.05) is 25.7 Å². The Morgan fingerprint density at radius 1 is 0.341 bits per heavy atom. The number of esters is 4. The standard InChI is InChI=1S/C63H122O17P2/c1-9-54(6)40-32-24-16-12-13-17-29-37-45-62(67)79-58(50-74-61(66)44-36-28-21-19-25-33-41-55(7)10-2)51-77-81(69,70)75-47-57(64)48-76-82(71,72)78-52-59(80-63(68)46-38-30-22-20-26-34-42-56(8)11-3)49-73-60(65)43-35-27-18-14-15-23-31-39-53(4)5/h53-59,64H,9-52H2,1-8H3,(H,69,70)(H,71,72)/t54?,55?,56?,57?,58-,59-/m1/s1. The van der Waals surface area contributed by atoms with Crippen molar-refractivity contribution < 1.29 is 80.2 Å². The second-order valence-electron chi connectivity index (χ2n) is 24.0. The number of rotatable bonds is 60. The lowest BCUT2D eigenvalue weighted by atomic mass is 9.99. The molecule has 8 atom stereocenters. The molecule has 0 saturated carbocycles. The van der Waals surface area contributed by atoms with Gasteiger partial charge in [0.25, 0.3) is 0 Å². The molecule has 6 unspecified atom stereocenters. The Bertz CT molecular complexity index is 1650. The predicted octanol–water partition coefficient (Wildman–Crippen LogP) is 17.0. The molecule has 0 aliphatic heterocycles. The summed E-state index contributed by atoms with van der Waals surface area (Å²) in [6.45, 7) is 13.9. The number of aliphatic hydroxyl groups excluding tert-OH is 1. The minimum absolute atomic E-state index is 0.101. The summed E-state index contributed by atoms with van der Waals surface area (Å²) in [5.41, 5.74) is 0. The van der Waals surface area contributed by atoms with Gasteiger partial charge in [-0.25, -0.2) is 9.13 Å². The van der Waals surface area contributed by atoms with Gasteiger partial charge in [-0.05, 0) is 49.4 Å². The summed E-state index contributed by atoms with van der Waals surface area (Å²) in [5, 5.41) is 10.5. The molecular weight excluding hydrogens is 1090 g/mol. The molecule has 0 bridgehead atoms. The fourth-order valence-corrected chi connectivity index (χ4v) is 10.7. The highest BCUT2D eigenvalue weighted by atomic mass is 31.2. The average Bonchev–Trinajstić information content (AvgIpc) is 3.44. The fraction of sp³-hybridized carbons (Fsp3) is 0.937. The maximum Gasteiger partial charge on any atom is 0.472 e. The Morgan fingerprint density at radius 2 is 0.585 bits per heavy atom. The fourth-order valence-electron chi connectivity index (χ4n) is 9.16. The van der Waals surface area contributed by atoms with Crippen LogP contribution in [-0.4, -0.2) is 96.7 Å². The summed E-state index contributed by atoms with van der Waals surface area (Å²) in [6, 6.07) is 0. The molecule has 17 nitrogen and oxygen atoms in total. The van der Waals surface area contributed by atoms with Crippen molar-refractivity contribution >= 4 is 39.5 Å². The lowest BCUT2D eigenvalue weighted by molar-refractivity contribution is -0.161. The smallest absolute Gasteiger partial charge is 0.462 e. The highest BCUT2D eigenvalue weighted by Crippen LogP contribution is 2.45. The molecule has 82 heavy (non-hydrogen) atoms. The molecule has 0 amide bonds. The minimum Gasteiger partial charge on any atom is -0.462 e. The lowest BCUT2D eigenvalue weighted by Gasteiger charge is -2.21. The van der Waals surface area contributed by atoms with Gasteiger partial charge in [-0.1, -0.05) is 248 Å². The van der Waals surface area contributed by atoms with Crippen LogP contribution in [0.4, 0.5) is 0 Å². The van der Waals surface area contributed by atoms with Crippen LogP contribution in [0.25, 0.3) is 0 Å². The van der Waals surface area contributed by atoms with Crippen LogP contribution in [0.15, 0.2) is 0 Å². The molecule has 0 saturated heterocycles. The molecule has 0 aromatic rings. The van der Waals surface area contributed by atoms with Gasteiger partial charge in [0.1, 0.15) is 19.3 Å². The van der Waals surface area contributed by atoms with E-state index in [-0.39, 0.29) is 25.7 Å². The van der Waals surface area contributed by atoms with Crippen LogP contribution in [0.3, 0.4) is 0 Å². The largest absolute Gasteiger partial charge is 0.472 e. The molecule has 19 heteroatoms. The number of hydrogen-bond acceptors (Lipinski definition) is 15. The molecule has 0 aliphatic rings. The van der Waals surface area contributed by atoms with Crippen molar-refractivity contribution in [2.75, 3.05) is 39.6 Å². The van der Waals surface area contributed by atoms with E-state index >= 15 is 0 Å². The van der Waals surface area contributed by atoms with Gasteiger partial charge < -0.3 is 33.8 Å². The molecular formula is C63H122O17P2. The van der Waals surface area contributed by atoms with Crippen molar-refractivity contribution in [2.45, 2.75) is 318 Å². The highest BCUT2D eigenvalue weighted by Gasteiger charge is 2.30. The molecule has 0 radical (unpaired) electrons. The van der Waals surface area contributed by atoms with Gasteiger partial charge in [-0.2, -0.15) is 0 Å². The van der Waals surface area contributed by atoms with Crippen LogP contribution in [0.1, 0.15) is 299 Å². The SMILES string of the molecule is CCC(C)CCCCCCCCCCC(=O)O[C@H](COC(=O)CCCCCCCCC(C)CC)COP(=O)(O)OCC(O)COP(=O)(O)OC[C@@H](COC(=O)CCCCCCCCCC(C)C)OC(=O)CCCCCCCCC(C)CC. The third-order valence-corrected chi connectivity index (χ3v) is 17.3. The van der Waals surface area contributed by atoms with E-state index in [0.29, 0.717) is 31.6 Å². The van der Waals surface area contributed by atoms with Crippen molar-refractivity contribution in [3.05, 3.63) is 0 Å². The van der Waals surface area contributed by atoms with Gasteiger partial charge in [-0.3, -0.25) is 37.3 Å². The molecule has 0 aromatic heterocycles. The number of phosphoric acid groups is 2. The monoisotopic (exact) mass is 1210 g/mol. The molecule has 0 spiro atoms. The van der Waals surface area contributed by atoms with Crippen LogP contribution < -0.4 is 0 Å². The van der Waals surface area contributed by atoms with Gasteiger partial charge in [0.05, 0.1) is 26.4 Å². The first-order valence-corrected chi connectivity index (χ1v) is 35.8. The third-order valence-electron chi connectivity index (χ3n) is 15.4. The van der Waals surface area contributed by atoms with E-state index in [2.05, 4.69) is 55.4 Å². The normalized spacial score (nSPS) is 15.5. The first-order chi connectivity index (χ1) is 39.2. The van der Waals surface area contributed by atoms with E-state index in [9.17, 15) is 43.2 Å². The number of ether oxygens (including phenoxy) is 4. The summed E-state index contributed by atoms with van der Waals surface area (Å²) < 4.78 is 67.9. The molecule has 0 aromatic carbocycles. The second-order valence-corrected chi connectivity index (χ2v) is 26.9. The maximum absolute atomic E-state index is 13.0. The van der Waals surface area contributed by atoms with Gasteiger partial charge in [-0.15, -0.1) is 0 Å². The van der Waals surface area contributed by atoms with Crippen LogP contribution >= 0.6 is 15.6 Å². The zero-order chi connectivity index (χ0) is 61.1. The van der Waals surface area contributed by atoms with E-state index in [1.807, 2.05) is 0 Å². The zero-order valence-electron chi connectivity index (χ0n) is 53.1. The Kier molecular flexibility index (Phi) is 52.0. The van der Waals surface area contributed by atoms with Crippen molar-refractivity contribution in [1.29, 1.82) is 0 Å². The van der Waals surface area contributed by atoms with Crippen LogP contribution in [0.2, 0.25) is 0 Å². The van der Waals surface area contributed by atoms with E-state index in [4.69, 9.17) is 37.0 Å². The van der Waals surface area contributed by atoms with Crippen LogP contribution in [0, 0.1) is 23.7 Å². The topological polar surface area (TPSA) is 237 Å². The Labute approximate surface area is 498 Å². The van der Waals surface area contributed by atoms with Gasteiger partial charge >= 0.3 is 39.5 Å². The number of hydrogen-bond donors (Lipinski definition) is 3. The molecule has 0 rings (SSSR count). The highest BCUT2D eigenvalue weighted by molar-refractivity contribution is 7.47. The number of carbonyl (C=O) groups excluding carboxylic acids is 4. The Balaban J connectivity index is 5.27. The van der Waals surface area contributed by atoms with Gasteiger partial charge in [0.15, 0.2) is 12.2 Å². The average molecular weight is 1210 g/mol. The van der Waals surface area contributed by atoms with Crippen molar-refractivity contribution in [1.82, 2.24) is 0 Å². The molecule has 3 N–H and O–H groups in total. The number of aliphatic hydroxyl groups is 1. The summed E-state index contributed by atoms with van der Waals surface area (Å²) in [4.78, 5) is 72.1. The molecule has 0 fully saturated rings. The quantitative estimate of drug-likeness (QED) is 0.0222. The van der Waals surface area contributed by atoms with Crippen LogP contribution in [-0.2, 0) is 65.4 Å².